The van der Waals surface area contributed by atoms with Gasteiger partial charge in [-0.2, -0.15) is 4.31 Å². The molecule has 3 aromatic rings. The molecule has 0 unspecified atom stereocenters. The summed E-state index contributed by atoms with van der Waals surface area (Å²) in [7, 11) is -0.458. The number of methoxy groups -OCH3 is 2. The van der Waals surface area contributed by atoms with Gasteiger partial charge in [-0.05, 0) is 56.2 Å². The van der Waals surface area contributed by atoms with E-state index in [-0.39, 0.29) is 16.8 Å². The lowest BCUT2D eigenvalue weighted by atomic mass is 10.1. The minimum atomic E-state index is -3.58. The van der Waals surface area contributed by atoms with E-state index in [4.69, 9.17) is 9.47 Å². The lowest BCUT2D eigenvalue weighted by Crippen LogP contribution is -2.41. The number of aromatic nitrogens is 1. The molecule has 1 fully saturated rings. The van der Waals surface area contributed by atoms with Crippen molar-refractivity contribution in [1.82, 2.24) is 9.29 Å². The molecule has 2 heterocycles. The number of piperidine rings is 1. The second-order valence-electron chi connectivity index (χ2n) is 7.61. The first-order valence-electron chi connectivity index (χ1n) is 10.3. The van der Waals surface area contributed by atoms with Crippen molar-refractivity contribution in [3.05, 3.63) is 42.0 Å². The fraction of sp³-hybridized carbons (Fsp3) is 0.364. The van der Waals surface area contributed by atoms with Crippen LogP contribution in [-0.2, 0) is 10.0 Å². The van der Waals surface area contributed by atoms with Gasteiger partial charge in [-0.15, -0.1) is 0 Å². The van der Waals surface area contributed by atoms with Crippen molar-refractivity contribution in [2.45, 2.75) is 37.1 Å². The number of carbonyl (C=O) groups excluding carboxylic acids is 1. The molecule has 1 amide bonds. The van der Waals surface area contributed by atoms with Crippen molar-refractivity contribution in [2.24, 2.45) is 0 Å². The Bertz CT molecular complexity index is 1200. The highest BCUT2D eigenvalue weighted by Crippen LogP contribution is 2.39. The highest BCUT2D eigenvalue weighted by molar-refractivity contribution is 7.89. The maximum atomic E-state index is 13.0. The van der Waals surface area contributed by atoms with Crippen LogP contribution in [0.15, 0.2) is 41.3 Å². The summed E-state index contributed by atoms with van der Waals surface area (Å²) in [6.45, 7) is 2.46. The molecule has 8 nitrogen and oxygen atoms in total. The maximum Gasteiger partial charge on any atom is 0.257 e. The van der Waals surface area contributed by atoms with Gasteiger partial charge >= 0.3 is 0 Å². The number of sulfonamides is 1. The number of hydrogen-bond donors (Lipinski definition) is 1. The molecule has 1 saturated heterocycles. The number of ether oxygens (including phenoxy) is 2. The molecule has 0 spiro atoms. The largest absolute Gasteiger partial charge is 0.495 e. The zero-order valence-corrected chi connectivity index (χ0v) is 19.8. The van der Waals surface area contributed by atoms with Crippen molar-refractivity contribution >= 4 is 42.6 Å². The molecular weight excluding hydrogens is 450 g/mol. The van der Waals surface area contributed by atoms with Crippen LogP contribution in [0, 0.1) is 0 Å². The summed E-state index contributed by atoms with van der Waals surface area (Å²) in [5, 5.41) is 3.17. The summed E-state index contributed by atoms with van der Waals surface area (Å²) in [4.78, 5) is 17.4. The van der Waals surface area contributed by atoms with Gasteiger partial charge in [0.2, 0.25) is 10.0 Å². The van der Waals surface area contributed by atoms with Gasteiger partial charge in [0.05, 0.1) is 19.1 Å². The SMILES string of the molecule is COc1ccc(OC)c2sc(NC(=O)c3ccc(S(=O)(=O)N4CCCC[C@@H]4C)cc3)nc12. The molecule has 10 heteroatoms. The van der Waals surface area contributed by atoms with Crippen LogP contribution in [0.5, 0.6) is 11.5 Å². The van der Waals surface area contributed by atoms with E-state index in [1.165, 1.54) is 35.6 Å². The number of benzene rings is 2. The number of anilines is 1. The quantitative estimate of drug-likeness (QED) is 0.576. The number of thiazole rings is 1. The molecule has 170 valence electrons. The van der Waals surface area contributed by atoms with E-state index in [0.717, 1.165) is 24.0 Å². The van der Waals surface area contributed by atoms with E-state index in [1.54, 1.807) is 30.7 Å². The zero-order valence-electron chi connectivity index (χ0n) is 18.1. The standard InChI is InChI=1S/C22H25N3O5S2/c1-14-6-4-5-13-25(14)32(27,28)16-9-7-15(8-10-16)21(26)24-22-23-19-17(29-2)11-12-18(30-3)20(19)31-22/h7-12,14H,4-6,13H2,1-3H3,(H,23,24,26)/t14-/m0/s1. The van der Waals surface area contributed by atoms with Crippen LogP contribution in [0.3, 0.4) is 0 Å². The second kappa shape index (κ2) is 9.05. The van der Waals surface area contributed by atoms with Gasteiger partial charge in [-0.25, -0.2) is 13.4 Å². The molecule has 32 heavy (non-hydrogen) atoms. The smallest absolute Gasteiger partial charge is 0.257 e. The van der Waals surface area contributed by atoms with Gasteiger partial charge in [-0.3, -0.25) is 10.1 Å². The average Bonchev–Trinajstić information content (AvgIpc) is 3.22. The van der Waals surface area contributed by atoms with E-state index in [1.807, 2.05) is 6.92 Å². The van der Waals surface area contributed by atoms with Gasteiger partial charge in [0, 0.05) is 18.2 Å². The van der Waals surface area contributed by atoms with E-state index >= 15 is 0 Å². The summed E-state index contributed by atoms with van der Waals surface area (Å²) in [6, 6.07) is 9.52. The summed E-state index contributed by atoms with van der Waals surface area (Å²) < 4.78 is 39.0. The predicted molar refractivity (Wildman–Crippen MR) is 124 cm³/mol. The average molecular weight is 476 g/mol. The molecule has 1 aliphatic rings. The topological polar surface area (TPSA) is 97.8 Å². The van der Waals surface area contributed by atoms with Crippen LogP contribution in [0.1, 0.15) is 36.5 Å². The number of hydrogen-bond acceptors (Lipinski definition) is 7. The van der Waals surface area contributed by atoms with E-state index in [9.17, 15) is 13.2 Å². The van der Waals surface area contributed by atoms with Gasteiger partial charge in [-0.1, -0.05) is 17.8 Å². The first-order chi connectivity index (χ1) is 15.3. The molecule has 1 N–H and O–H groups in total. The Hall–Kier alpha value is -2.69. The first-order valence-corrected chi connectivity index (χ1v) is 12.6. The molecule has 0 bridgehead atoms. The van der Waals surface area contributed by atoms with Gasteiger partial charge < -0.3 is 9.47 Å². The van der Waals surface area contributed by atoms with Crippen LogP contribution in [-0.4, -0.2) is 50.4 Å². The van der Waals surface area contributed by atoms with Crippen LogP contribution >= 0.6 is 11.3 Å². The Labute approximate surface area is 191 Å². The highest BCUT2D eigenvalue weighted by atomic mass is 32.2. The van der Waals surface area contributed by atoms with Gasteiger partial charge in [0.15, 0.2) is 5.13 Å². The lowest BCUT2D eigenvalue weighted by molar-refractivity contribution is 0.102. The Morgan fingerprint density at radius 3 is 2.44 bits per heavy atom. The molecule has 2 aromatic carbocycles. The Morgan fingerprint density at radius 1 is 1.09 bits per heavy atom. The third-order valence-electron chi connectivity index (χ3n) is 5.60. The normalized spacial score (nSPS) is 17.3. The summed E-state index contributed by atoms with van der Waals surface area (Å²) >= 11 is 1.28. The van der Waals surface area contributed by atoms with E-state index in [2.05, 4.69) is 10.3 Å². The number of carbonyl (C=O) groups is 1. The summed E-state index contributed by atoms with van der Waals surface area (Å²) in [6.07, 6.45) is 2.76. The number of rotatable bonds is 6. The number of nitrogens with zero attached hydrogens (tertiary/aromatic N) is 2. The highest BCUT2D eigenvalue weighted by Gasteiger charge is 2.31. The van der Waals surface area contributed by atoms with Crippen molar-refractivity contribution < 1.29 is 22.7 Å². The van der Waals surface area contributed by atoms with Crippen molar-refractivity contribution in [3.63, 3.8) is 0 Å². The molecule has 0 radical (unpaired) electrons. The fourth-order valence-electron chi connectivity index (χ4n) is 3.85. The minimum Gasteiger partial charge on any atom is -0.495 e. The number of nitrogens with one attached hydrogen (secondary N) is 1. The molecular formula is C22H25N3O5S2. The Morgan fingerprint density at radius 2 is 1.78 bits per heavy atom. The van der Waals surface area contributed by atoms with Crippen LogP contribution in [0.25, 0.3) is 10.2 Å². The van der Waals surface area contributed by atoms with Crippen LogP contribution in [0.4, 0.5) is 5.13 Å². The maximum absolute atomic E-state index is 13.0. The Kier molecular flexibility index (Phi) is 6.36. The van der Waals surface area contributed by atoms with Crippen molar-refractivity contribution in [2.75, 3.05) is 26.1 Å². The summed E-state index contributed by atoms with van der Waals surface area (Å²) in [5.74, 6) is 0.844. The number of amides is 1. The van der Waals surface area contributed by atoms with E-state index in [0.29, 0.717) is 34.3 Å². The Balaban J connectivity index is 1.55. The van der Waals surface area contributed by atoms with E-state index < -0.39 is 10.0 Å². The summed E-state index contributed by atoms with van der Waals surface area (Å²) in [5.41, 5.74) is 0.943. The third kappa shape index (κ3) is 4.17. The minimum absolute atomic E-state index is 0.0234. The zero-order chi connectivity index (χ0) is 22.9. The monoisotopic (exact) mass is 475 g/mol. The molecule has 1 aliphatic heterocycles. The van der Waals surface area contributed by atoms with Crippen molar-refractivity contribution in [3.8, 4) is 11.5 Å². The molecule has 0 aliphatic carbocycles. The van der Waals surface area contributed by atoms with Crippen LogP contribution in [0.2, 0.25) is 0 Å². The lowest BCUT2D eigenvalue weighted by Gasteiger charge is -2.32. The second-order valence-corrected chi connectivity index (χ2v) is 10.5. The fourth-order valence-corrected chi connectivity index (χ4v) is 6.52. The predicted octanol–water partition coefficient (Wildman–Crippen LogP) is 4.13. The molecule has 4 rings (SSSR count). The molecule has 0 saturated carbocycles. The third-order valence-corrected chi connectivity index (χ3v) is 8.61. The van der Waals surface area contributed by atoms with Crippen LogP contribution < -0.4 is 14.8 Å². The van der Waals surface area contributed by atoms with Crippen molar-refractivity contribution in [1.29, 1.82) is 0 Å². The molecule has 1 aromatic heterocycles. The first kappa shape index (κ1) is 22.5. The molecule has 1 atom stereocenters. The van der Waals surface area contributed by atoms with Gasteiger partial charge in [0.25, 0.3) is 5.91 Å². The van der Waals surface area contributed by atoms with Gasteiger partial charge in [0.1, 0.15) is 21.7 Å². The number of fused-ring (bicyclic) bond motifs is 1.